The first-order chi connectivity index (χ1) is 5.63. The molecule has 0 atom stereocenters. The van der Waals surface area contributed by atoms with Crippen LogP contribution in [0.3, 0.4) is 0 Å². The van der Waals surface area contributed by atoms with Gasteiger partial charge in [0, 0.05) is 12.9 Å². The molecule has 4 nitrogen and oxygen atoms in total. The average Bonchev–Trinajstić information content (AvgIpc) is 1.95. The fraction of sp³-hybridized carbons (Fsp3) is 0.750. The molecule has 12 heavy (non-hydrogen) atoms. The SMILES string of the molecule is CC(=O)OCCCCCC(=O)[O-]. The molecular weight excluding hydrogens is 160 g/mol. The molecular formula is C8H13O4-. The molecule has 0 saturated heterocycles. The first kappa shape index (κ1) is 10.9. The second kappa shape index (κ2) is 6.64. The number of carboxylic acids is 1. The molecule has 0 aliphatic carbocycles. The van der Waals surface area contributed by atoms with Crippen molar-refractivity contribution in [2.45, 2.75) is 32.6 Å². The zero-order valence-electron chi connectivity index (χ0n) is 7.17. The third-order valence-corrected chi connectivity index (χ3v) is 1.33. The van der Waals surface area contributed by atoms with Gasteiger partial charge in [-0.2, -0.15) is 0 Å². The van der Waals surface area contributed by atoms with Crippen LogP contribution in [-0.4, -0.2) is 18.5 Å². The normalized spacial score (nSPS) is 9.42. The molecule has 0 aromatic rings. The lowest BCUT2D eigenvalue weighted by Gasteiger charge is -2.02. The molecule has 4 heteroatoms. The first-order valence-electron chi connectivity index (χ1n) is 3.96. The van der Waals surface area contributed by atoms with Crippen molar-refractivity contribution < 1.29 is 19.4 Å². The summed E-state index contributed by atoms with van der Waals surface area (Å²) in [5.41, 5.74) is 0. The van der Waals surface area contributed by atoms with Crippen molar-refractivity contribution in [1.82, 2.24) is 0 Å². The minimum Gasteiger partial charge on any atom is -0.550 e. The molecule has 0 heterocycles. The summed E-state index contributed by atoms with van der Waals surface area (Å²) in [4.78, 5) is 20.2. The standard InChI is InChI=1S/C8H14O4/c1-7(9)12-6-4-2-3-5-8(10)11/h2-6H2,1H3,(H,10,11)/p-1. The van der Waals surface area contributed by atoms with Crippen LogP contribution in [0, 0.1) is 0 Å². The number of aliphatic carboxylic acids is 1. The van der Waals surface area contributed by atoms with E-state index in [1.165, 1.54) is 6.92 Å². The fourth-order valence-electron chi connectivity index (χ4n) is 0.764. The van der Waals surface area contributed by atoms with Crippen molar-refractivity contribution in [3.63, 3.8) is 0 Å². The van der Waals surface area contributed by atoms with Gasteiger partial charge < -0.3 is 14.6 Å². The molecule has 0 rings (SSSR count). The lowest BCUT2D eigenvalue weighted by atomic mass is 10.2. The van der Waals surface area contributed by atoms with Gasteiger partial charge >= 0.3 is 5.97 Å². The summed E-state index contributed by atoms with van der Waals surface area (Å²) >= 11 is 0. The molecule has 0 radical (unpaired) electrons. The maximum absolute atomic E-state index is 10.3. The second-order valence-corrected chi connectivity index (χ2v) is 2.52. The van der Waals surface area contributed by atoms with Gasteiger partial charge in [-0.05, 0) is 25.7 Å². The van der Waals surface area contributed by atoms with Crippen LogP contribution in [-0.2, 0) is 14.3 Å². The summed E-state index contributed by atoms with van der Waals surface area (Å²) in [6.45, 7) is 1.73. The Morgan fingerprint density at radius 2 is 1.92 bits per heavy atom. The Bertz CT molecular complexity index is 135. The number of unbranched alkanes of at least 4 members (excludes halogenated alkanes) is 2. The van der Waals surface area contributed by atoms with Gasteiger partial charge in [0.25, 0.3) is 0 Å². The number of carbonyl (C=O) groups excluding carboxylic acids is 2. The lowest BCUT2D eigenvalue weighted by Crippen LogP contribution is -2.21. The van der Waals surface area contributed by atoms with Crippen molar-refractivity contribution in [2.24, 2.45) is 0 Å². The summed E-state index contributed by atoms with van der Waals surface area (Å²) in [5.74, 6) is -1.32. The summed E-state index contributed by atoms with van der Waals surface area (Å²) in [7, 11) is 0. The highest BCUT2D eigenvalue weighted by Crippen LogP contribution is 1.98. The lowest BCUT2D eigenvalue weighted by molar-refractivity contribution is -0.305. The number of esters is 1. The first-order valence-corrected chi connectivity index (χ1v) is 3.96. The Hall–Kier alpha value is -1.06. The predicted molar refractivity (Wildman–Crippen MR) is 40.1 cm³/mol. The zero-order valence-corrected chi connectivity index (χ0v) is 7.17. The number of carboxylic acid groups (broad SMARTS) is 1. The van der Waals surface area contributed by atoms with E-state index in [2.05, 4.69) is 4.74 Å². The molecule has 0 N–H and O–H groups in total. The van der Waals surface area contributed by atoms with Gasteiger partial charge in [-0.15, -0.1) is 0 Å². The highest BCUT2D eigenvalue weighted by atomic mass is 16.5. The van der Waals surface area contributed by atoms with Gasteiger partial charge in [0.05, 0.1) is 6.61 Å². The van der Waals surface area contributed by atoms with E-state index in [1.54, 1.807) is 0 Å². The highest BCUT2D eigenvalue weighted by molar-refractivity contribution is 5.65. The van der Waals surface area contributed by atoms with E-state index >= 15 is 0 Å². The Kier molecular flexibility index (Phi) is 6.05. The van der Waals surface area contributed by atoms with Crippen molar-refractivity contribution in [3.05, 3.63) is 0 Å². The summed E-state index contributed by atoms with van der Waals surface area (Å²) in [5, 5.41) is 9.94. The molecule has 0 aromatic heterocycles. The summed E-state index contributed by atoms with van der Waals surface area (Å²) in [6, 6.07) is 0. The van der Waals surface area contributed by atoms with Gasteiger partial charge in [0.2, 0.25) is 0 Å². The molecule has 0 saturated carbocycles. The third kappa shape index (κ3) is 8.94. The molecule has 0 aliphatic rings. The van der Waals surface area contributed by atoms with Gasteiger partial charge in [-0.1, -0.05) is 0 Å². The van der Waals surface area contributed by atoms with Crippen LogP contribution >= 0.6 is 0 Å². The van der Waals surface area contributed by atoms with Crippen molar-refractivity contribution >= 4 is 11.9 Å². The minimum atomic E-state index is -1.03. The number of hydrogen-bond donors (Lipinski definition) is 0. The topological polar surface area (TPSA) is 66.4 Å². The molecule has 0 unspecified atom stereocenters. The molecule has 70 valence electrons. The molecule has 0 fully saturated rings. The minimum absolute atomic E-state index is 0.0834. The molecule has 0 bridgehead atoms. The van der Waals surface area contributed by atoms with Crippen LogP contribution in [0.25, 0.3) is 0 Å². The zero-order chi connectivity index (χ0) is 9.40. The molecule has 0 spiro atoms. The van der Waals surface area contributed by atoms with Crippen LogP contribution in [0.15, 0.2) is 0 Å². The van der Waals surface area contributed by atoms with Gasteiger partial charge in [-0.25, -0.2) is 0 Å². The molecule has 0 amide bonds. The number of hydrogen-bond acceptors (Lipinski definition) is 4. The largest absolute Gasteiger partial charge is 0.550 e. The van der Waals surface area contributed by atoms with Gasteiger partial charge in [-0.3, -0.25) is 4.79 Å². The van der Waals surface area contributed by atoms with E-state index in [4.69, 9.17) is 0 Å². The Morgan fingerprint density at radius 3 is 2.42 bits per heavy atom. The van der Waals surface area contributed by atoms with Crippen molar-refractivity contribution in [2.75, 3.05) is 6.61 Å². The quantitative estimate of drug-likeness (QED) is 0.414. The van der Waals surface area contributed by atoms with Crippen LogP contribution < -0.4 is 5.11 Å². The van der Waals surface area contributed by atoms with Crippen LogP contribution in [0.4, 0.5) is 0 Å². The predicted octanol–water partition coefficient (Wildman–Crippen LogP) is -0.140. The van der Waals surface area contributed by atoms with Crippen molar-refractivity contribution in [3.8, 4) is 0 Å². The third-order valence-electron chi connectivity index (χ3n) is 1.33. The smallest absolute Gasteiger partial charge is 0.302 e. The number of ether oxygens (including phenoxy) is 1. The average molecular weight is 173 g/mol. The highest BCUT2D eigenvalue weighted by Gasteiger charge is 1.93. The van der Waals surface area contributed by atoms with Crippen LogP contribution in [0.1, 0.15) is 32.6 Å². The van der Waals surface area contributed by atoms with E-state index < -0.39 is 5.97 Å². The number of carbonyl (C=O) groups is 2. The molecule has 0 aromatic carbocycles. The Morgan fingerprint density at radius 1 is 1.25 bits per heavy atom. The molecule has 0 aliphatic heterocycles. The van der Waals surface area contributed by atoms with Crippen LogP contribution in [0.5, 0.6) is 0 Å². The Labute approximate surface area is 71.5 Å². The Balaban J connectivity index is 3.01. The summed E-state index contributed by atoms with van der Waals surface area (Å²) < 4.78 is 4.65. The van der Waals surface area contributed by atoms with Crippen LogP contribution in [0.2, 0.25) is 0 Å². The number of rotatable bonds is 6. The van der Waals surface area contributed by atoms with E-state index in [9.17, 15) is 14.7 Å². The van der Waals surface area contributed by atoms with E-state index in [1.807, 2.05) is 0 Å². The maximum atomic E-state index is 10.3. The monoisotopic (exact) mass is 173 g/mol. The van der Waals surface area contributed by atoms with Crippen molar-refractivity contribution in [1.29, 1.82) is 0 Å². The van der Waals surface area contributed by atoms with Gasteiger partial charge in [0.15, 0.2) is 0 Å². The van der Waals surface area contributed by atoms with E-state index in [0.717, 1.165) is 6.42 Å². The van der Waals surface area contributed by atoms with E-state index in [0.29, 0.717) is 19.4 Å². The second-order valence-electron chi connectivity index (χ2n) is 2.52. The summed E-state index contributed by atoms with van der Waals surface area (Å²) in [6.07, 6.45) is 2.14. The maximum Gasteiger partial charge on any atom is 0.302 e. The fourth-order valence-corrected chi connectivity index (χ4v) is 0.764. The van der Waals surface area contributed by atoms with Gasteiger partial charge in [0.1, 0.15) is 0 Å². The van der Waals surface area contributed by atoms with E-state index in [-0.39, 0.29) is 12.4 Å².